The molecule has 0 radical (unpaired) electrons. The summed E-state index contributed by atoms with van der Waals surface area (Å²) in [6.45, 7) is 10.8. The first-order valence-corrected chi connectivity index (χ1v) is 8.14. The minimum Gasteiger partial charge on any atom is -0.381 e. The lowest BCUT2D eigenvalue weighted by Gasteiger charge is -2.34. The minimum atomic E-state index is 0.403. The number of hydrogen-bond donors (Lipinski definition) is 1. The van der Waals surface area contributed by atoms with Crippen LogP contribution in [-0.2, 0) is 0 Å². The normalized spacial score (nSPS) is 16.5. The Hall–Kier alpha value is -1.81. The Morgan fingerprint density at radius 2 is 1.82 bits per heavy atom. The summed E-state index contributed by atoms with van der Waals surface area (Å²) in [5.74, 6) is 1.12. The number of aryl methyl sites for hydroxylation is 1. The van der Waals surface area contributed by atoms with Crippen molar-refractivity contribution in [3.05, 3.63) is 30.0 Å². The van der Waals surface area contributed by atoms with Gasteiger partial charge in [0.2, 0.25) is 0 Å². The van der Waals surface area contributed by atoms with E-state index in [0.29, 0.717) is 6.04 Å². The van der Waals surface area contributed by atoms with Gasteiger partial charge in [0, 0.05) is 43.0 Å². The van der Waals surface area contributed by atoms with Crippen LogP contribution in [0.1, 0.15) is 19.4 Å². The average molecular weight is 298 g/mol. The summed E-state index contributed by atoms with van der Waals surface area (Å²) in [5.41, 5.74) is 2.42. The van der Waals surface area contributed by atoms with Gasteiger partial charge in [0.25, 0.3) is 0 Å². The molecule has 0 unspecified atom stereocenters. The number of hydrogen-bond acceptors (Lipinski definition) is 4. The van der Waals surface area contributed by atoms with Gasteiger partial charge in [0.15, 0.2) is 0 Å². The molecule has 4 nitrogen and oxygen atoms in total. The van der Waals surface area contributed by atoms with Crippen molar-refractivity contribution < 1.29 is 0 Å². The second kappa shape index (κ2) is 6.13. The first-order chi connectivity index (χ1) is 10.5. The molecule has 1 aliphatic rings. The number of piperazine rings is 1. The molecular formula is C18H26N4. The van der Waals surface area contributed by atoms with Gasteiger partial charge < -0.3 is 15.1 Å². The number of rotatable bonds is 3. The van der Waals surface area contributed by atoms with Crippen molar-refractivity contribution in [1.82, 2.24) is 9.88 Å². The van der Waals surface area contributed by atoms with E-state index in [-0.39, 0.29) is 0 Å². The number of likely N-dealkylation sites (N-methyl/N-ethyl adjacent to an activating group) is 1. The van der Waals surface area contributed by atoms with Crippen LogP contribution >= 0.6 is 0 Å². The molecule has 1 aromatic carbocycles. The molecule has 0 amide bonds. The molecule has 1 N–H and O–H groups in total. The van der Waals surface area contributed by atoms with Crippen LogP contribution in [0.2, 0.25) is 0 Å². The van der Waals surface area contributed by atoms with Gasteiger partial charge in [-0.2, -0.15) is 0 Å². The highest BCUT2D eigenvalue weighted by atomic mass is 15.3. The van der Waals surface area contributed by atoms with Crippen molar-refractivity contribution in [2.75, 3.05) is 43.4 Å². The van der Waals surface area contributed by atoms with Gasteiger partial charge in [-0.25, -0.2) is 4.98 Å². The highest BCUT2D eigenvalue weighted by Gasteiger charge is 2.18. The van der Waals surface area contributed by atoms with Crippen LogP contribution in [0.3, 0.4) is 0 Å². The molecule has 0 spiro atoms. The third kappa shape index (κ3) is 3.02. The number of fused-ring (bicyclic) bond motifs is 1. The van der Waals surface area contributed by atoms with Crippen LogP contribution in [0.25, 0.3) is 10.8 Å². The predicted molar refractivity (Wildman–Crippen MR) is 94.9 cm³/mol. The van der Waals surface area contributed by atoms with E-state index in [2.05, 4.69) is 61.1 Å². The predicted octanol–water partition coefficient (Wildman–Crippen LogP) is 3.12. The van der Waals surface area contributed by atoms with Crippen LogP contribution in [-0.4, -0.2) is 49.2 Å². The third-order valence-electron chi connectivity index (χ3n) is 4.27. The Morgan fingerprint density at radius 3 is 2.50 bits per heavy atom. The van der Waals surface area contributed by atoms with E-state index in [1.807, 2.05) is 6.20 Å². The fourth-order valence-corrected chi connectivity index (χ4v) is 3.04. The topological polar surface area (TPSA) is 31.4 Å². The zero-order valence-corrected chi connectivity index (χ0v) is 14.1. The molecule has 0 bridgehead atoms. The van der Waals surface area contributed by atoms with E-state index in [9.17, 15) is 0 Å². The van der Waals surface area contributed by atoms with Crippen molar-refractivity contribution >= 4 is 22.3 Å². The maximum Gasteiger partial charge on any atom is 0.136 e. The summed E-state index contributed by atoms with van der Waals surface area (Å²) in [5, 5.41) is 6.05. The van der Waals surface area contributed by atoms with Gasteiger partial charge in [-0.05, 0) is 33.9 Å². The first-order valence-electron chi connectivity index (χ1n) is 8.14. The zero-order valence-electron chi connectivity index (χ0n) is 14.1. The van der Waals surface area contributed by atoms with Crippen molar-refractivity contribution in [3.8, 4) is 0 Å². The van der Waals surface area contributed by atoms with Gasteiger partial charge in [-0.3, -0.25) is 0 Å². The lowest BCUT2D eigenvalue weighted by atomic mass is 10.1. The molecule has 1 aliphatic heterocycles. The van der Waals surface area contributed by atoms with Crippen molar-refractivity contribution in [2.45, 2.75) is 26.8 Å². The summed E-state index contributed by atoms with van der Waals surface area (Å²) >= 11 is 0. The van der Waals surface area contributed by atoms with Gasteiger partial charge in [-0.1, -0.05) is 17.7 Å². The molecule has 2 aromatic rings. The SMILES string of the molecule is Cc1ccc2c(N3CCN(C)CC3)ncc(NC(C)C)c2c1. The molecule has 1 fully saturated rings. The maximum atomic E-state index is 4.78. The highest BCUT2D eigenvalue weighted by molar-refractivity contribution is 6.00. The monoisotopic (exact) mass is 298 g/mol. The standard InChI is InChI=1S/C18H26N4/c1-13(2)20-17-12-19-18(22-9-7-21(4)8-10-22)15-6-5-14(3)11-16(15)17/h5-6,11-13,20H,7-10H2,1-4H3. The lowest BCUT2D eigenvalue weighted by molar-refractivity contribution is 0.312. The van der Waals surface area contributed by atoms with Crippen molar-refractivity contribution in [1.29, 1.82) is 0 Å². The molecular weight excluding hydrogens is 272 g/mol. The quantitative estimate of drug-likeness (QED) is 0.943. The number of pyridine rings is 1. The molecule has 0 saturated carbocycles. The van der Waals surface area contributed by atoms with E-state index in [0.717, 1.165) is 37.7 Å². The molecule has 1 saturated heterocycles. The van der Waals surface area contributed by atoms with Gasteiger partial charge in [-0.15, -0.1) is 0 Å². The number of anilines is 2. The largest absolute Gasteiger partial charge is 0.381 e. The number of aromatic nitrogens is 1. The molecule has 0 aliphatic carbocycles. The van der Waals surface area contributed by atoms with Crippen molar-refractivity contribution in [2.24, 2.45) is 0 Å². The van der Waals surface area contributed by atoms with E-state index in [1.165, 1.54) is 16.3 Å². The Balaban J connectivity index is 2.05. The summed E-state index contributed by atoms with van der Waals surface area (Å²) in [4.78, 5) is 9.57. The minimum absolute atomic E-state index is 0.403. The summed E-state index contributed by atoms with van der Waals surface area (Å²) < 4.78 is 0. The fraction of sp³-hybridized carbons (Fsp3) is 0.500. The molecule has 118 valence electrons. The van der Waals surface area contributed by atoms with Crippen LogP contribution in [0, 0.1) is 6.92 Å². The number of nitrogens with zero attached hydrogens (tertiary/aromatic N) is 3. The molecule has 2 heterocycles. The highest BCUT2D eigenvalue weighted by Crippen LogP contribution is 2.31. The van der Waals surface area contributed by atoms with E-state index < -0.39 is 0 Å². The molecule has 4 heteroatoms. The molecule has 1 aromatic heterocycles. The number of benzene rings is 1. The van der Waals surface area contributed by atoms with Gasteiger partial charge in [0.1, 0.15) is 5.82 Å². The average Bonchev–Trinajstić information content (AvgIpc) is 2.48. The third-order valence-corrected chi connectivity index (χ3v) is 4.27. The van der Waals surface area contributed by atoms with E-state index >= 15 is 0 Å². The van der Waals surface area contributed by atoms with Crippen LogP contribution in [0.4, 0.5) is 11.5 Å². The number of nitrogens with one attached hydrogen (secondary N) is 1. The fourth-order valence-electron chi connectivity index (χ4n) is 3.04. The Bertz CT molecular complexity index is 657. The smallest absolute Gasteiger partial charge is 0.136 e. The molecule has 0 atom stereocenters. The summed E-state index contributed by atoms with van der Waals surface area (Å²) in [6, 6.07) is 7.07. The summed E-state index contributed by atoms with van der Waals surface area (Å²) in [7, 11) is 2.18. The van der Waals surface area contributed by atoms with Gasteiger partial charge >= 0.3 is 0 Å². The van der Waals surface area contributed by atoms with Crippen LogP contribution in [0.15, 0.2) is 24.4 Å². The lowest BCUT2D eigenvalue weighted by Crippen LogP contribution is -2.44. The van der Waals surface area contributed by atoms with Gasteiger partial charge in [0.05, 0.1) is 11.9 Å². The molecule has 22 heavy (non-hydrogen) atoms. The first kappa shape index (κ1) is 15.1. The Labute approximate surface area is 133 Å². The zero-order chi connectivity index (χ0) is 15.7. The van der Waals surface area contributed by atoms with Crippen molar-refractivity contribution in [3.63, 3.8) is 0 Å². The second-order valence-corrected chi connectivity index (χ2v) is 6.63. The Morgan fingerprint density at radius 1 is 1.09 bits per heavy atom. The molecule has 3 rings (SSSR count). The Kier molecular flexibility index (Phi) is 4.21. The maximum absolute atomic E-state index is 4.78. The van der Waals surface area contributed by atoms with E-state index in [4.69, 9.17) is 4.98 Å². The van der Waals surface area contributed by atoms with Crippen LogP contribution < -0.4 is 10.2 Å². The second-order valence-electron chi connectivity index (χ2n) is 6.63. The van der Waals surface area contributed by atoms with Crippen LogP contribution in [0.5, 0.6) is 0 Å². The van der Waals surface area contributed by atoms with E-state index in [1.54, 1.807) is 0 Å². The summed E-state index contributed by atoms with van der Waals surface area (Å²) in [6.07, 6.45) is 2.00.